The molecular weight excluding hydrogens is 464 g/mol. The second-order valence-electron chi connectivity index (χ2n) is 11.6. The zero-order valence-corrected chi connectivity index (χ0v) is 21.4. The quantitative estimate of drug-likeness (QED) is 0.295. The number of rotatable bonds is 10. The summed E-state index contributed by atoms with van der Waals surface area (Å²) in [7, 11) is 0. The highest BCUT2D eigenvalue weighted by Crippen LogP contribution is 2.57. The lowest BCUT2D eigenvalue weighted by Crippen LogP contribution is -2.45. The van der Waals surface area contributed by atoms with Crippen molar-refractivity contribution in [2.75, 3.05) is 19.7 Å². The van der Waals surface area contributed by atoms with Crippen LogP contribution in [0.15, 0.2) is 53.3 Å². The Morgan fingerprint density at radius 1 is 1.00 bits per heavy atom. The van der Waals surface area contributed by atoms with E-state index in [-0.39, 0.29) is 11.3 Å². The maximum atomic E-state index is 11.6. The molecule has 3 aromatic rings. The molecule has 0 amide bonds. The Morgan fingerprint density at radius 2 is 1.78 bits per heavy atom. The number of H-pyrrole nitrogens is 1. The fourth-order valence-corrected chi connectivity index (χ4v) is 7.74. The zero-order chi connectivity index (χ0) is 25.4. The van der Waals surface area contributed by atoms with E-state index in [9.17, 15) is 15.0 Å². The average molecular weight is 503 g/mol. The predicted octanol–water partition coefficient (Wildman–Crippen LogP) is 4.94. The van der Waals surface area contributed by atoms with Crippen LogP contribution in [0.2, 0.25) is 0 Å². The van der Waals surface area contributed by atoms with Gasteiger partial charge in [-0.15, -0.1) is 0 Å². The molecule has 0 unspecified atom stereocenters. The number of aliphatic hydroxyl groups excluding tert-OH is 1. The van der Waals surface area contributed by atoms with Gasteiger partial charge in [-0.05, 0) is 116 Å². The van der Waals surface area contributed by atoms with Crippen LogP contribution in [0.5, 0.6) is 11.5 Å². The van der Waals surface area contributed by atoms with E-state index in [1.54, 1.807) is 12.1 Å². The van der Waals surface area contributed by atoms with Crippen molar-refractivity contribution in [1.82, 2.24) is 10.3 Å². The average Bonchev–Trinajstić information content (AvgIpc) is 2.88. The second kappa shape index (κ2) is 10.5. The maximum Gasteiger partial charge on any atom is 0.248 e. The maximum absolute atomic E-state index is 11.6. The first-order valence-electron chi connectivity index (χ1n) is 14.0. The highest BCUT2D eigenvalue weighted by atomic mass is 16.5. The molecule has 4 aliphatic rings. The summed E-state index contributed by atoms with van der Waals surface area (Å²) in [6.07, 6.45) is 8.66. The summed E-state index contributed by atoms with van der Waals surface area (Å²) in [6, 6.07) is 14.6. The summed E-state index contributed by atoms with van der Waals surface area (Å²) in [4.78, 5) is 14.3. The molecule has 6 heteroatoms. The number of fused-ring (bicyclic) bond motifs is 1. The number of aliphatic hydroxyl groups is 1. The zero-order valence-electron chi connectivity index (χ0n) is 21.4. The topological polar surface area (TPSA) is 94.6 Å². The Kier molecular flexibility index (Phi) is 6.96. The van der Waals surface area contributed by atoms with Gasteiger partial charge in [-0.3, -0.25) is 4.79 Å². The molecule has 4 fully saturated rings. The highest BCUT2D eigenvalue weighted by molar-refractivity contribution is 5.87. The smallest absolute Gasteiger partial charge is 0.248 e. The third-order valence-electron chi connectivity index (χ3n) is 9.23. The molecule has 1 aromatic heterocycles. The number of ether oxygens (including phenoxy) is 1. The van der Waals surface area contributed by atoms with Crippen LogP contribution in [0.1, 0.15) is 55.8 Å². The van der Waals surface area contributed by atoms with E-state index in [1.807, 2.05) is 0 Å². The van der Waals surface area contributed by atoms with Crippen molar-refractivity contribution < 1.29 is 14.9 Å². The number of phenols is 1. The van der Waals surface area contributed by atoms with Gasteiger partial charge in [0.25, 0.3) is 0 Å². The minimum absolute atomic E-state index is 0.00301. The second-order valence-corrected chi connectivity index (χ2v) is 11.6. The number of phenolic OH excluding ortho intramolecular Hbond substituents is 1. The van der Waals surface area contributed by atoms with Crippen molar-refractivity contribution in [2.45, 2.75) is 51.0 Å². The third-order valence-corrected chi connectivity index (χ3v) is 9.23. The fourth-order valence-electron chi connectivity index (χ4n) is 7.74. The van der Waals surface area contributed by atoms with Crippen molar-refractivity contribution in [1.29, 1.82) is 0 Å². The number of nitrogens with one attached hydrogen (secondary N) is 2. The minimum Gasteiger partial charge on any atom is -0.506 e. The van der Waals surface area contributed by atoms with Gasteiger partial charge in [0, 0.05) is 18.0 Å². The van der Waals surface area contributed by atoms with E-state index >= 15 is 0 Å². The molecule has 4 N–H and O–H groups in total. The molecule has 7 rings (SSSR count). The van der Waals surface area contributed by atoms with E-state index in [2.05, 4.69) is 34.6 Å². The molecule has 0 radical (unpaired) electrons. The Hall–Kier alpha value is -2.83. The van der Waals surface area contributed by atoms with Crippen molar-refractivity contribution in [3.8, 4) is 11.5 Å². The van der Waals surface area contributed by atoms with E-state index in [1.165, 1.54) is 56.2 Å². The highest BCUT2D eigenvalue weighted by Gasteiger charge is 2.47. The number of aromatic hydroxyl groups is 1. The number of aromatic amines is 1. The van der Waals surface area contributed by atoms with Crippen LogP contribution in [0.4, 0.5) is 0 Å². The molecule has 1 heterocycles. The van der Waals surface area contributed by atoms with Gasteiger partial charge in [0.05, 0.1) is 18.2 Å². The molecule has 1 atom stereocenters. The van der Waals surface area contributed by atoms with Crippen LogP contribution >= 0.6 is 0 Å². The summed E-state index contributed by atoms with van der Waals surface area (Å²) in [5, 5.41) is 24.8. The molecule has 0 aliphatic heterocycles. The van der Waals surface area contributed by atoms with E-state index in [0.29, 0.717) is 23.0 Å². The summed E-state index contributed by atoms with van der Waals surface area (Å²) >= 11 is 0. The van der Waals surface area contributed by atoms with Crippen molar-refractivity contribution in [3.05, 3.63) is 70.0 Å². The Balaban J connectivity index is 0.972. The monoisotopic (exact) mass is 502 g/mol. The summed E-state index contributed by atoms with van der Waals surface area (Å²) in [6.45, 7) is 1.91. The van der Waals surface area contributed by atoms with Gasteiger partial charge in [-0.2, -0.15) is 0 Å². The summed E-state index contributed by atoms with van der Waals surface area (Å²) in [5.41, 5.74) is 1.95. The molecule has 4 aliphatic carbocycles. The molecule has 2 aromatic carbocycles. The Bertz CT molecular complexity index is 1270. The lowest BCUT2D eigenvalue weighted by molar-refractivity contribution is -0.0435. The van der Waals surface area contributed by atoms with Crippen molar-refractivity contribution >= 4 is 10.9 Å². The molecule has 196 valence electrons. The predicted molar refractivity (Wildman–Crippen MR) is 145 cm³/mol. The van der Waals surface area contributed by atoms with Crippen molar-refractivity contribution in [2.24, 2.45) is 29.6 Å². The lowest BCUT2D eigenvalue weighted by Gasteiger charge is -2.54. The lowest BCUT2D eigenvalue weighted by atomic mass is 9.51. The van der Waals surface area contributed by atoms with E-state index < -0.39 is 6.10 Å². The SMILES string of the molecule is O=c1ccc2c([C@@H](O)CNCCc3cccc(OCCC4C5CC6CC(C5)CC4C6)c3)ccc(O)c2[nH]1. The summed E-state index contributed by atoms with van der Waals surface area (Å²) in [5.74, 6) is 5.78. The first-order valence-corrected chi connectivity index (χ1v) is 14.0. The molecular formula is C31H38N2O4. The van der Waals surface area contributed by atoms with E-state index in [0.717, 1.165) is 54.9 Å². The normalized spacial score (nSPS) is 27.0. The molecule has 0 spiro atoms. The van der Waals surface area contributed by atoms with Gasteiger partial charge < -0.3 is 25.3 Å². The van der Waals surface area contributed by atoms with Crippen LogP contribution in [-0.4, -0.2) is 34.9 Å². The van der Waals surface area contributed by atoms with Crippen LogP contribution in [0, 0.1) is 29.6 Å². The Labute approximate surface area is 218 Å². The summed E-state index contributed by atoms with van der Waals surface area (Å²) < 4.78 is 6.21. The van der Waals surface area contributed by atoms with Crippen LogP contribution in [0.3, 0.4) is 0 Å². The molecule has 4 saturated carbocycles. The first-order chi connectivity index (χ1) is 18.0. The van der Waals surface area contributed by atoms with Gasteiger partial charge in [0.15, 0.2) is 0 Å². The number of pyridine rings is 1. The fraction of sp³-hybridized carbons (Fsp3) is 0.516. The van der Waals surface area contributed by atoms with Gasteiger partial charge in [-0.25, -0.2) is 0 Å². The number of hydrogen-bond acceptors (Lipinski definition) is 5. The number of hydrogen-bond donors (Lipinski definition) is 4. The van der Waals surface area contributed by atoms with Gasteiger partial charge in [-0.1, -0.05) is 18.2 Å². The third kappa shape index (κ3) is 5.27. The standard InChI is InChI=1S/C31H38N2O4/c34-28-6-4-26(27-5-7-30(36)33-31(27)28)29(35)18-32-10-8-19-2-1-3-24(17-19)37-11-9-25-22-13-20-12-21(15-22)16-23(25)14-20/h1-7,17,20-23,25,29,32,34-35H,8-16,18H2,(H,33,36)/t20?,21?,22?,23?,25?,29-/m0/s1. The van der Waals surface area contributed by atoms with Crippen molar-refractivity contribution in [3.63, 3.8) is 0 Å². The molecule has 0 saturated heterocycles. The largest absolute Gasteiger partial charge is 0.506 e. The van der Waals surface area contributed by atoms with Crippen LogP contribution < -0.4 is 15.6 Å². The molecule has 37 heavy (non-hydrogen) atoms. The molecule has 6 nitrogen and oxygen atoms in total. The Morgan fingerprint density at radius 3 is 2.57 bits per heavy atom. The minimum atomic E-state index is -0.756. The van der Waals surface area contributed by atoms with E-state index in [4.69, 9.17) is 4.74 Å². The van der Waals surface area contributed by atoms with Crippen LogP contribution in [0.25, 0.3) is 10.9 Å². The number of aromatic nitrogens is 1. The number of benzene rings is 2. The van der Waals surface area contributed by atoms with Gasteiger partial charge in [0.2, 0.25) is 5.56 Å². The first kappa shape index (κ1) is 24.5. The van der Waals surface area contributed by atoms with Gasteiger partial charge in [0.1, 0.15) is 11.5 Å². The van der Waals surface area contributed by atoms with Crippen LogP contribution in [-0.2, 0) is 6.42 Å². The van der Waals surface area contributed by atoms with Gasteiger partial charge >= 0.3 is 0 Å². The molecule has 4 bridgehead atoms.